The Morgan fingerprint density at radius 1 is 1.15 bits per heavy atom. The highest BCUT2D eigenvalue weighted by Crippen LogP contribution is 2.31. The van der Waals surface area contributed by atoms with E-state index in [9.17, 15) is 18.0 Å². The maximum Gasteiger partial charge on any atom is 0.433 e. The summed E-state index contributed by atoms with van der Waals surface area (Å²) < 4.78 is 43.8. The van der Waals surface area contributed by atoms with Crippen LogP contribution in [0.2, 0.25) is 0 Å². The number of aldehydes is 1. The maximum atomic E-state index is 12.7. The molecule has 0 bridgehead atoms. The van der Waals surface area contributed by atoms with Crippen molar-refractivity contribution in [3.05, 3.63) is 71.4 Å². The second-order valence-corrected chi connectivity index (χ2v) is 5.53. The Morgan fingerprint density at radius 2 is 1.88 bits per heavy atom. The third-order valence-electron chi connectivity index (χ3n) is 3.70. The van der Waals surface area contributed by atoms with Gasteiger partial charge < -0.3 is 4.42 Å². The van der Waals surface area contributed by atoms with E-state index in [1.54, 1.807) is 11.8 Å². The Hall–Kier alpha value is -3.16. The number of aromatic nitrogens is 2. The maximum absolute atomic E-state index is 12.7. The molecule has 0 saturated heterocycles. The number of aryl methyl sites for hydroxylation is 1. The zero-order chi connectivity index (χ0) is 18.7. The average Bonchev–Trinajstić information content (AvgIpc) is 3.00. The van der Waals surface area contributed by atoms with Crippen LogP contribution >= 0.6 is 0 Å². The SMILES string of the molecule is Cc1oc(N(Cc2ccccc2)c2ccc(C(F)(F)F)nc2)nc1C=O. The van der Waals surface area contributed by atoms with Gasteiger partial charge in [0.15, 0.2) is 6.29 Å². The highest BCUT2D eigenvalue weighted by molar-refractivity contribution is 5.74. The van der Waals surface area contributed by atoms with Crippen LogP contribution in [0.3, 0.4) is 0 Å². The monoisotopic (exact) mass is 361 g/mol. The fourth-order valence-electron chi connectivity index (χ4n) is 2.37. The predicted octanol–water partition coefficient (Wildman–Crippen LogP) is 4.55. The van der Waals surface area contributed by atoms with E-state index in [4.69, 9.17) is 4.42 Å². The van der Waals surface area contributed by atoms with Gasteiger partial charge in [-0.3, -0.25) is 9.69 Å². The van der Waals surface area contributed by atoms with Crippen molar-refractivity contribution >= 4 is 18.0 Å². The molecule has 3 rings (SSSR count). The number of pyridine rings is 1. The summed E-state index contributed by atoms with van der Waals surface area (Å²) in [5.74, 6) is 0.327. The molecule has 2 aromatic heterocycles. The van der Waals surface area contributed by atoms with Crippen molar-refractivity contribution in [2.45, 2.75) is 19.6 Å². The Balaban J connectivity index is 2.00. The summed E-state index contributed by atoms with van der Waals surface area (Å²) in [6.07, 6.45) is -2.85. The van der Waals surface area contributed by atoms with E-state index in [0.29, 0.717) is 17.7 Å². The number of hydrogen-bond acceptors (Lipinski definition) is 5. The van der Waals surface area contributed by atoms with E-state index in [1.165, 1.54) is 6.07 Å². The first-order valence-corrected chi connectivity index (χ1v) is 7.66. The normalized spacial score (nSPS) is 11.4. The van der Waals surface area contributed by atoms with Crippen molar-refractivity contribution < 1.29 is 22.4 Å². The molecule has 26 heavy (non-hydrogen) atoms. The summed E-state index contributed by atoms with van der Waals surface area (Å²) in [6.45, 7) is 1.87. The summed E-state index contributed by atoms with van der Waals surface area (Å²) in [5.41, 5.74) is 0.396. The molecule has 0 aliphatic carbocycles. The van der Waals surface area contributed by atoms with Crippen LogP contribution in [0.15, 0.2) is 53.1 Å². The first kappa shape index (κ1) is 17.7. The van der Waals surface area contributed by atoms with Gasteiger partial charge in [0.1, 0.15) is 17.1 Å². The van der Waals surface area contributed by atoms with E-state index in [1.807, 2.05) is 30.3 Å². The van der Waals surface area contributed by atoms with E-state index >= 15 is 0 Å². The standard InChI is InChI=1S/C18H14F3N3O2/c1-12-15(11-25)23-17(26-12)24(10-13-5-3-2-4-6-13)14-7-8-16(22-9-14)18(19,20)21/h2-9,11H,10H2,1H3. The smallest absolute Gasteiger partial charge is 0.428 e. The number of halogens is 3. The Morgan fingerprint density at radius 3 is 2.42 bits per heavy atom. The minimum Gasteiger partial charge on any atom is -0.428 e. The van der Waals surface area contributed by atoms with Crippen LogP contribution in [0, 0.1) is 6.92 Å². The molecule has 0 spiro atoms. The van der Waals surface area contributed by atoms with E-state index in [0.717, 1.165) is 17.8 Å². The van der Waals surface area contributed by atoms with Gasteiger partial charge in [0.25, 0.3) is 0 Å². The first-order valence-electron chi connectivity index (χ1n) is 7.66. The predicted molar refractivity (Wildman–Crippen MR) is 88.2 cm³/mol. The van der Waals surface area contributed by atoms with Crippen LogP contribution < -0.4 is 4.90 Å². The van der Waals surface area contributed by atoms with Gasteiger partial charge in [0.2, 0.25) is 0 Å². The van der Waals surface area contributed by atoms with Crippen LogP contribution in [0.25, 0.3) is 0 Å². The molecular weight excluding hydrogens is 347 g/mol. The molecule has 5 nitrogen and oxygen atoms in total. The molecular formula is C18H14F3N3O2. The summed E-state index contributed by atoms with van der Waals surface area (Å²) >= 11 is 0. The molecule has 2 heterocycles. The lowest BCUT2D eigenvalue weighted by atomic mass is 10.2. The third kappa shape index (κ3) is 3.74. The molecule has 8 heteroatoms. The Labute approximate surface area is 147 Å². The summed E-state index contributed by atoms with van der Waals surface area (Å²) in [7, 11) is 0. The molecule has 0 unspecified atom stereocenters. The van der Waals surface area contributed by atoms with Crippen molar-refractivity contribution in [1.82, 2.24) is 9.97 Å². The number of carbonyl (C=O) groups is 1. The molecule has 0 amide bonds. The summed E-state index contributed by atoms with van der Waals surface area (Å²) in [5, 5.41) is 0. The van der Waals surface area contributed by atoms with Gasteiger partial charge in [-0.05, 0) is 24.6 Å². The minimum atomic E-state index is -4.52. The summed E-state index contributed by atoms with van der Waals surface area (Å²) in [6, 6.07) is 11.6. The average molecular weight is 361 g/mol. The molecule has 0 aliphatic heterocycles. The van der Waals surface area contributed by atoms with Gasteiger partial charge in [-0.15, -0.1) is 0 Å². The molecule has 1 aromatic carbocycles. The lowest BCUT2D eigenvalue weighted by Crippen LogP contribution is -2.18. The van der Waals surface area contributed by atoms with E-state index in [-0.39, 0.29) is 18.3 Å². The van der Waals surface area contributed by atoms with Crippen molar-refractivity contribution in [3.8, 4) is 0 Å². The molecule has 3 aromatic rings. The topological polar surface area (TPSA) is 59.2 Å². The summed E-state index contributed by atoms with van der Waals surface area (Å²) in [4.78, 5) is 20.2. The molecule has 0 N–H and O–H groups in total. The van der Waals surface area contributed by atoms with Crippen molar-refractivity contribution in [2.24, 2.45) is 0 Å². The Bertz CT molecular complexity index is 890. The second-order valence-electron chi connectivity index (χ2n) is 5.53. The number of carbonyl (C=O) groups excluding carboxylic acids is 1. The lowest BCUT2D eigenvalue weighted by Gasteiger charge is -2.21. The number of oxazole rings is 1. The van der Waals surface area contributed by atoms with Gasteiger partial charge in [-0.1, -0.05) is 30.3 Å². The van der Waals surface area contributed by atoms with Gasteiger partial charge in [-0.25, -0.2) is 4.98 Å². The lowest BCUT2D eigenvalue weighted by molar-refractivity contribution is -0.141. The molecule has 0 radical (unpaired) electrons. The van der Waals surface area contributed by atoms with Crippen LogP contribution in [-0.2, 0) is 12.7 Å². The quantitative estimate of drug-likeness (QED) is 0.624. The highest BCUT2D eigenvalue weighted by Gasteiger charge is 2.32. The number of nitrogens with zero attached hydrogens (tertiary/aromatic N) is 3. The number of rotatable bonds is 5. The largest absolute Gasteiger partial charge is 0.433 e. The van der Waals surface area contributed by atoms with E-state index < -0.39 is 11.9 Å². The van der Waals surface area contributed by atoms with Crippen molar-refractivity contribution in [2.75, 3.05) is 4.90 Å². The van der Waals surface area contributed by atoms with Gasteiger partial charge in [-0.2, -0.15) is 18.2 Å². The highest BCUT2D eigenvalue weighted by atomic mass is 19.4. The van der Waals surface area contributed by atoms with Crippen molar-refractivity contribution in [3.63, 3.8) is 0 Å². The molecule has 0 saturated carbocycles. The number of benzene rings is 1. The molecule has 0 atom stereocenters. The molecule has 0 aliphatic rings. The van der Waals surface area contributed by atoms with Gasteiger partial charge in [0.05, 0.1) is 18.4 Å². The Kier molecular flexibility index (Phi) is 4.75. The zero-order valence-electron chi connectivity index (χ0n) is 13.7. The van der Waals surface area contributed by atoms with E-state index in [2.05, 4.69) is 9.97 Å². The minimum absolute atomic E-state index is 0.106. The van der Waals surface area contributed by atoms with Crippen LogP contribution in [0.4, 0.5) is 24.9 Å². The fourth-order valence-corrected chi connectivity index (χ4v) is 2.37. The van der Waals surface area contributed by atoms with Gasteiger partial charge in [0, 0.05) is 0 Å². The number of alkyl halides is 3. The number of hydrogen-bond donors (Lipinski definition) is 0. The first-order chi connectivity index (χ1) is 12.4. The third-order valence-corrected chi connectivity index (χ3v) is 3.70. The van der Waals surface area contributed by atoms with Crippen LogP contribution in [0.5, 0.6) is 0 Å². The zero-order valence-corrected chi connectivity index (χ0v) is 13.7. The fraction of sp³-hybridized carbons (Fsp3) is 0.167. The molecule has 134 valence electrons. The number of anilines is 2. The second kappa shape index (κ2) is 6.99. The molecule has 0 fully saturated rings. The van der Waals surface area contributed by atoms with Crippen molar-refractivity contribution in [1.29, 1.82) is 0 Å². The van der Waals surface area contributed by atoms with Crippen LogP contribution in [0.1, 0.15) is 27.5 Å². The van der Waals surface area contributed by atoms with Gasteiger partial charge >= 0.3 is 12.2 Å². The van der Waals surface area contributed by atoms with Crippen LogP contribution in [-0.4, -0.2) is 16.3 Å².